The van der Waals surface area contributed by atoms with Gasteiger partial charge >= 0.3 is 0 Å². The minimum Gasteiger partial charge on any atom is -0.364 e. The second-order valence-electron chi connectivity index (χ2n) is 4.53. The number of ether oxygens (including phenoxy) is 1. The van der Waals surface area contributed by atoms with E-state index in [2.05, 4.69) is 5.32 Å². The molecular formula is C13H18Cl2N2O2. The van der Waals surface area contributed by atoms with Gasteiger partial charge in [0.2, 0.25) is 0 Å². The standard InChI is InChI=1S/C13H17ClN2O2.ClH/c1-8-2-4-11(10(14)6-8)16-13(17)12-5-3-9(7-15)18-12;/h2,4,6,9,12H,3,5,7,15H2,1H3,(H,16,17);1H/t9-,12+;/m1./s1. The summed E-state index contributed by atoms with van der Waals surface area (Å²) >= 11 is 6.06. The van der Waals surface area contributed by atoms with Crippen LogP contribution in [0.25, 0.3) is 0 Å². The molecule has 1 aromatic rings. The smallest absolute Gasteiger partial charge is 0.253 e. The number of hydrogen-bond donors (Lipinski definition) is 2. The quantitative estimate of drug-likeness (QED) is 0.902. The monoisotopic (exact) mass is 304 g/mol. The molecule has 1 saturated heterocycles. The Bertz CT molecular complexity index is 454. The molecule has 0 bridgehead atoms. The number of nitrogens with two attached hydrogens (primary N) is 1. The van der Waals surface area contributed by atoms with Crippen LogP contribution in [0.4, 0.5) is 5.69 Å². The van der Waals surface area contributed by atoms with Gasteiger partial charge in [-0.25, -0.2) is 0 Å². The van der Waals surface area contributed by atoms with Crippen LogP contribution in [-0.2, 0) is 9.53 Å². The Kier molecular flexibility index (Phi) is 6.07. The van der Waals surface area contributed by atoms with Gasteiger partial charge in [0, 0.05) is 6.54 Å². The zero-order chi connectivity index (χ0) is 13.1. The molecule has 0 aliphatic carbocycles. The number of nitrogens with one attached hydrogen (secondary N) is 1. The number of carbonyl (C=O) groups excluding carboxylic acids is 1. The van der Waals surface area contributed by atoms with Gasteiger partial charge < -0.3 is 15.8 Å². The molecule has 19 heavy (non-hydrogen) atoms. The number of benzene rings is 1. The predicted octanol–water partition coefficient (Wildman–Crippen LogP) is 2.52. The van der Waals surface area contributed by atoms with E-state index in [0.29, 0.717) is 23.7 Å². The van der Waals surface area contributed by atoms with E-state index in [-0.39, 0.29) is 24.4 Å². The maximum atomic E-state index is 12.0. The lowest BCUT2D eigenvalue weighted by Gasteiger charge is -2.13. The maximum absolute atomic E-state index is 12.0. The molecule has 3 N–H and O–H groups in total. The SMILES string of the molecule is Cc1ccc(NC(=O)[C@@H]2CC[C@H](CN)O2)c(Cl)c1.Cl. The number of aryl methyl sites for hydroxylation is 1. The Morgan fingerprint density at radius 1 is 1.53 bits per heavy atom. The summed E-state index contributed by atoms with van der Waals surface area (Å²) < 4.78 is 5.53. The molecule has 1 amide bonds. The van der Waals surface area contributed by atoms with E-state index in [1.807, 2.05) is 19.1 Å². The third-order valence-electron chi connectivity index (χ3n) is 3.05. The minimum absolute atomic E-state index is 0. The number of halogens is 2. The van der Waals surface area contributed by atoms with E-state index >= 15 is 0 Å². The molecule has 0 unspecified atom stereocenters. The van der Waals surface area contributed by atoms with Gasteiger partial charge in [0.25, 0.3) is 5.91 Å². The molecule has 4 nitrogen and oxygen atoms in total. The van der Waals surface area contributed by atoms with Crippen LogP contribution in [0.1, 0.15) is 18.4 Å². The molecule has 0 spiro atoms. The molecule has 2 rings (SSSR count). The fourth-order valence-corrected chi connectivity index (χ4v) is 2.29. The predicted molar refractivity (Wildman–Crippen MR) is 79.0 cm³/mol. The summed E-state index contributed by atoms with van der Waals surface area (Å²) in [6.07, 6.45) is 1.11. The molecule has 1 aromatic carbocycles. The van der Waals surface area contributed by atoms with Crippen molar-refractivity contribution < 1.29 is 9.53 Å². The molecule has 1 heterocycles. The number of carbonyl (C=O) groups is 1. The Morgan fingerprint density at radius 2 is 2.26 bits per heavy atom. The van der Waals surface area contributed by atoms with Crippen LogP contribution >= 0.6 is 24.0 Å². The second-order valence-corrected chi connectivity index (χ2v) is 4.94. The van der Waals surface area contributed by atoms with Gasteiger partial charge in [-0.15, -0.1) is 12.4 Å². The van der Waals surface area contributed by atoms with Crippen molar-refractivity contribution in [2.45, 2.75) is 32.0 Å². The lowest BCUT2D eigenvalue weighted by Crippen LogP contribution is -2.29. The van der Waals surface area contributed by atoms with Crippen LogP contribution in [0.5, 0.6) is 0 Å². The molecule has 2 atom stereocenters. The Hall–Kier alpha value is -0.810. The van der Waals surface area contributed by atoms with E-state index in [9.17, 15) is 4.79 Å². The summed E-state index contributed by atoms with van der Waals surface area (Å²) in [5.41, 5.74) is 7.18. The van der Waals surface area contributed by atoms with Gasteiger partial charge in [0.15, 0.2) is 0 Å². The van der Waals surface area contributed by atoms with Gasteiger partial charge in [0.1, 0.15) is 6.10 Å². The zero-order valence-electron chi connectivity index (χ0n) is 10.7. The van der Waals surface area contributed by atoms with Crippen molar-refractivity contribution in [2.75, 3.05) is 11.9 Å². The number of anilines is 1. The van der Waals surface area contributed by atoms with Gasteiger partial charge in [-0.05, 0) is 37.5 Å². The van der Waals surface area contributed by atoms with Crippen LogP contribution in [0.15, 0.2) is 18.2 Å². The average molecular weight is 305 g/mol. The largest absolute Gasteiger partial charge is 0.364 e. The molecule has 1 aliphatic heterocycles. The van der Waals surface area contributed by atoms with E-state index in [1.165, 1.54) is 0 Å². The van der Waals surface area contributed by atoms with Crippen molar-refractivity contribution in [3.8, 4) is 0 Å². The molecular weight excluding hydrogens is 287 g/mol. The van der Waals surface area contributed by atoms with E-state index in [0.717, 1.165) is 12.0 Å². The molecule has 6 heteroatoms. The first-order chi connectivity index (χ1) is 8.60. The Morgan fingerprint density at radius 3 is 2.84 bits per heavy atom. The third kappa shape index (κ3) is 4.08. The summed E-state index contributed by atoms with van der Waals surface area (Å²) in [5.74, 6) is -0.156. The van der Waals surface area contributed by atoms with Crippen LogP contribution in [0, 0.1) is 6.92 Å². The molecule has 106 valence electrons. The van der Waals surface area contributed by atoms with Gasteiger partial charge in [0.05, 0.1) is 16.8 Å². The highest BCUT2D eigenvalue weighted by Crippen LogP contribution is 2.25. The molecule has 0 radical (unpaired) electrons. The van der Waals surface area contributed by atoms with Crippen molar-refractivity contribution >= 4 is 35.6 Å². The third-order valence-corrected chi connectivity index (χ3v) is 3.36. The second kappa shape index (κ2) is 7.10. The topological polar surface area (TPSA) is 64.4 Å². The first-order valence-electron chi connectivity index (χ1n) is 6.02. The molecule has 1 aliphatic rings. The van der Waals surface area contributed by atoms with Crippen molar-refractivity contribution in [1.82, 2.24) is 0 Å². The van der Waals surface area contributed by atoms with Crippen LogP contribution < -0.4 is 11.1 Å². The number of rotatable bonds is 3. The summed E-state index contributed by atoms with van der Waals surface area (Å²) in [4.78, 5) is 12.0. The van der Waals surface area contributed by atoms with Crippen LogP contribution in [0.3, 0.4) is 0 Å². The van der Waals surface area contributed by atoms with Crippen LogP contribution in [-0.4, -0.2) is 24.7 Å². The number of hydrogen-bond acceptors (Lipinski definition) is 3. The van der Waals surface area contributed by atoms with Gasteiger partial charge in [-0.2, -0.15) is 0 Å². The highest BCUT2D eigenvalue weighted by atomic mass is 35.5. The van der Waals surface area contributed by atoms with Crippen molar-refractivity contribution in [2.24, 2.45) is 5.73 Å². The van der Waals surface area contributed by atoms with E-state index in [1.54, 1.807) is 6.07 Å². The highest BCUT2D eigenvalue weighted by molar-refractivity contribution is 6.33. The summed E-state index contributed by atoms with van der Waals surface area (Å²) in [6, 6.07) is 5.51. The Labute approximate surface area is 124 Å². The fraction of sp³-hybridized carbons (Fsp3) is 0.462. The van der Waals surface area contributed by atoms with E-state index < -0.39 is 6.10 Å². The van der Waals surface area contributed by atoms with Crippen molar-refractivity contribution in [3.05, 3.63) is 28.8 Å². The normalized spacial score (nSPS) is 21.8. The fourth-order valence-electron chi connectivity index (χ4n) is 2.01. The number of amides is 1. The van der Waals surface area contributed by atoms with E-state index in [4.69, 9.17) is 22.1 Å². The van der Waals surface area contributed by atoms with Gasteiger partial charge in [-0.3, -0.25) is 4.79 Å². The van der Waals surface area contributed by atoms with Crippen LogP contribution in [0.2, 0.25) is 5.02 Å². The minimum atomic E-state index is -0.420. The summed E-state index contributed by atoms with van der Waals surface area (Å²) in [7, 11) is 0. The van der Waals surface area contributed by atoms with Crippen molar-refractivity contribution in [1.29, 1.82) is 0 Å². The van der Waals surface area contributed by atoms with Gasteiger partial charge in [-0.1, -0.05) is 17.7 Å². The zero-order valence-corrected chi connectivity index (χ0v) is 12.3. The highest BCUT2D eigenvalue weighted by Gasteiger charge is 2.30. The maximum Gasteiger partial charge on any atom is 0.253 e. The summed E-state index contributed by atoms with van der Waals surface area (Å²) in [5, 5.41) is 3.33. The Balaban J connectivity index is 0.00000180. The summed E-state index contributed by atoms with van der Waals surface area (Å²) in [6.45, 7) is 2.40. The lowest BCUT2D eigenvalue weighted by molar-refractivity contribution is -0.126. The molecule has 1 fully saturated rings. The lowest BCUT2D eigenvalue weighted by atomic mass is 10.2. The average Bonchev–Trinajstić information content (AvgIpc) is 2.81. The first kappa shape index (κ1) is 16.2. The molecule has 0 saturated carbocycles. The first-order valence-corrected chi connectivity index (χ1v) is 6.40. The van der Waals surface area contributed by atoms with Crippen molar-refractivity contribution in [3.63, 3.8) is 0 Å². The molecule has 0 aromatic heterocycles.